The third kappa shape index (κ3) is 3.46. The van der Waals surface area contributed by atoms with Crippen molar-refractivity contribution < 1.29 is 8.78 Å². The molecular formula is C20H18F2N4. The van der Waals surface area contributed by atoms with Gasteiger partial charge in [-0.2, -0.15) is 0 Å². The number of aryl methyl sites for hydroxylation is 1. The third-order valence-corrected chi connectivity index (χ3v) is 4.57. The van der Waals surface area contributed by atoms with E-state index >= 15 is 0 Å². The lowest BCUT2D eigenvalue weighted by atomic mass is 10.1. The van der Waals surface area contributed by atoms with Crippen LogP contribution in [0.2, 0.25) is 0 Å². The Labute approximate surface area is 150 Å². The van der Waals surface area contributed by atoms with Gasteiger partial charge in [-0.3, -0.25) is 9.88 Å². The van der Waals surface area contributed by atoms with Gasteiger partial charge < -0.3 is 0 Å². The highest BCUT2D eigenvalue weighted by atomic mass is 19.1. The van der Waals surface area contributed by atoms with Crippen molar-refractivity contribution in [3.8, 4) is 11.3 Å². The van der Waals surface area contributed by atoms with Gasteiger partial charge in [0.15, 0.2) is 0 Å². The molecule has 132 valence electrons. The first-order valence-corrected chi connectivity index (χ1v) is 8.52. The van der Waals surface area contributed by atoms with E-state index in [0.29, 0.717) is 5.69 Å². The minimum absolute atomic E-state index is 0.177. The van der Waals surface area contributed by atoms with Crippen LogP contribution in [0, 0.1) is 18.6 Å². The van der Waals surface area contributed by atoms with Crippen molar-refractivity contribution in [2.24, 2.45) is 0 Å². The monoisotopic (exact) mass is 352 g/mol. The number of nitrogens with zero attached hydrogens (tertiary/aromatic N) is 4. The Morgan fingerprint density at radius 2 is 1.96 bits per heavy atom. The number of pyridine rings is 1. The fourth-order valence-electron chi connectivity index (χ4n) is 3.24. The molecular weight excluding hydrogens is 334 g/mol. The van der Waals surface area contributed by atoms with Crippen molar-refractivity contribution in [1.29, 1.82) is 0 Å². The standard InChI is InChI=1S/C20H18F2N4/c1-13-23-10-15-12-26(7-6-19(15)25-13)11-14-2-5-20(24-9-14)17-8-16(21)3-4-18(17)22/h2-5,8-10H,6-7,11-12H2,1H3. The molecule has 1 aliphatic rings. The summed E-state index contributed by atoms with van der Waals surface area (Å²) in [5.74, 6) is -0.145. The Balaban J connectivity index is 1.48. The summed E-state index contributed by atoms with van der Waals surface area (Å²) in [5, 5.41) is 0. The lowest BCUT2D eigenvalue weighted by Gasteiger charge is -2.27. The summed E-state index contributed by atoms with van der Waals surface area (Å²) in [5.41, 5.74) is 3.92. The first-order chi connectivity index (χ1) is 12.6. The molecule has 0 amide bonds. The van der Waals surface area contributed by atoms with E-state index in [4.69, 9.17) is 0 Å². The number of hydrogen-bond donors (Lipinski definition) is 0. The van der Waals surface area contributed by atoms with Gasteiger partial charge in [0.1, 0.15) is 17.5 Å². The van der Waals surface area contributed by atoms with Crippen molar-refractivity contribution in [2.75, 3.05) is 6.54 Å². The molecule has 0 N–H and O–H groups in total. The van der Waals surface area contributed by atoms with Crippen molar-refractivity contribution in [3.63, 3.8) is 0 Å². The van der Waals surface area contributed by atoms with E-state index in [1.54, 1.807) is 12.3 Å². The second-order valence-electron chi connectivity index (χ2n) is 6.53. The van der Waals surface area contributed by atoms with Crippen LogP contribution in [0.5, 0.6) is 0 Å². The molecule has 1 aromatic carbocycles. The van der Waals surface area contributed by atoms with Gasteiger partial charge in [0.2, 0.25) is 0 Å². The summed E-state index contributed by atoms with van der Waals surface area (Å²) in [4.78, 5) is 15.4. The van der Waals surface area contributed by atoms with E-state index in [1.165, 1.54) is 6.07 Å². The maximum atomic E-state index is 13.9. The fourth-order valence-corrected chi connectivity index (χ4v) is 3.24. The fraction of sp³-hybridized carbons (Fsp3) is 0.250. The average molecular weight is 352 g/mol. The molecule has 0 saturated carbocycles. The number of benzene rings is 1. The molecule has 2 aromatic heterocycles. The summed E-state index contributed by atoms with van der Waals surface area (Å²) in [6.07, 6.45) is 4.53. The van der Waals surface area contributed by atoms with Gasteiger partial charge >= 0.3 is 0 Å². The first-order valence-electron chi connectivity index (χ1n) is 8.52. The molecule has 0 fully saturated rings. The topological polar surface area (TPSA) is 41.9 Å². The Morgan fingerprint density at radius 1 is 1.08 bits per heavy atom. The normalized spacial score (nSPS) is 14.3. The minimum atomic E-state index is -0.477. The summed E-state index contributed by atoms with van der Waals surface area (Å²) in [7, 11) is 0. The molecule has 0 spiro atoms. The molecule has 3 heterocycles. The van der Waals surface area contributed by atoms with Crippen LogP contribution in [0.15, 0.2) is 42.7 Å². The van der Waals surface area contributed by atoms with Crippen LogP contribution < -0.4 is 0 Å². The van der Waals surface area contributed by atoms with Crippen LogP contribution >= 0.6 is 0 Å². The lowest BCUT2D eigenvalue weighted by molar-refractivity contribution is 0.242. The molecule has 0 aliphatic carbocycles. The number of rotatable bonds is 3. The van der Waals surface area contributed by atoms with E-state index in [-0.39, 0.29) is 5.56 Å². The van der Waals surface area contributed by atoms with Crippen molar-refractivity contribution >= 4 is 0 Å². The van der Waals surface area contributed by atoms with E-state index < -0.39 is 11.6 Å². The molecule has 26 heavy (non-hydrogen) atoms. The number of fused-ring (bicyclic) bond motifs is 1. The Morgan fingerprint density at radius 3 is 2.77 bits per heavy atom. The molecule has 0 bridgehead atoms. The van der Waals surface area contributed by atoms with E-state index in [9.17, 15) is 8.78 Å². The van der Waals surface area contributed by atoms with Crippen LogP contribution in [0.4, 0.5) is 8.78 Å². The Bertz CT molecular complexity index is 941. The summed E-state index contributed by atoms with van der Waals surface area (Å²) < 4.78 is 27.2. The maximum absolute atomic E-state index is 13.9. The zero-order valence-electron chi connectivity index (χ0n) is 14.4. The van der Waals surface area contributed by atoms with E-state index in [2.05, 4.69) is 19.9 Å². The van der Waals surface area contributed by atoms with Crippen LogP contribution in [-0.2, 0) is 19.5 Å². The molecule has 4 nitrogen and oxygen atoms in total. The molecule has 3 aromatic rings. The second kappa shape index (κ2) is 6.88. The van der Waals surface area contributed by atoms with Crippen molar-refractivity contribution in [2.45, 2.75) is 26.4 Å². The van der Waals surface area contributed by atoms with Crippen molar-refractivity contribution in [1.82, 2.24) is 19.9 Å². The smallest absolute Gasteiger partial charge is 0.132 e. The highest BCUT2D eigenvalue weighted by Crippen LogP contribution is 2.23. The quantitative estimate of drug-likeness (QED) is 0.721. The van der Waals surface area contributed by atoms with Crippen LogP contribution in [0.1, 0.15) is 22.6 Å². The van der Waals surface area contributed by atoms with Crippen molar-refractivity contribution in [3.05, 3.63) is 77.0 Å². The maximum Gasteiger partial charge on any atom is 0.132 e. The zero-order valence-corrected chi connectivity index (χ0v) is 14.4. The van der Waals surface area contributed by atoms with E-state index in [0.717, 1.165) is 60.8 Å². The highest BCUT2D eigenvalue weighted by molar-refractivity contribution is 5.59. The average Bonchev–Trinajstić information content (AvgIpc) is 2.65. The number of halogens is 2. The van der Waals surface area contributed by atoms with E-state index in [1.807, 2.05) is 19.2 Å². The lowest BCUT2D eigenvalue weighted by Crippen LogP contribution is -2.31. The SMILES string of the molecule is Cc1ncc2c(n1)CCN(Cc1ccc(-c3cc(F)ccc3F)nc1)C2. The molecule has 0 saturated heterocycles. The largest absolute Gasteiger partial charge is 0.294 e. The van der Waals surface area contributed by atoms with Gasteiger partial charge in [-0.25, -0.2) is 18.7 Å². The molecule has 0 unspecified atom stereocenters. The summed E-state index contributed by atoms with van der Waals surface area (Å²) in [6, 6.07) is 7.04. The molecule has 4 rings (SSSR count). The predicted molar refractivity (Wildman–Crippen MR) is 94.2 cm³/mol. The number of hydrogen-bond acceptors (Lipinski definition) is 4. The molecule has 1 aliphatic heterocycles. The first kappa shape index (κ1) is 16.7. The zero-order chi connectivity index (χ0) is 18.1. The summed E-state index contributed by atoms with van der Waals surface area (Å²) in [6.45, 7) is 4.37. The Hall–Kier alpha value is -2.73. The number of aromatic nitrogens is 3. The molecule has 0 atom stereocenters. The Kier molecular flexibility index (Phi) is 4.42. The van der Waals surface area contributed by atoms with Crippen LogP contribution in [0.3, 0.4) is 0 Å². The highest BCUT2D eigenvalue weighted by Gasteiger charge is 2.18. The summed E-state index contributed by atoms with van der Waals surface area (Å²) >= 11 is 0. The van der Waals surface area contributed by atoms with Gasteiger partial charge in [0, 0.05) is 55.3 Å². The van der Waals surface area contributed by atoms with Gasteiger partial charge in [0.05, 0.1) is 5.69 Å². The van der Waals surface area contributed by atoms with Gasteiger partial charge in [-0.15, -0.1) is 0 Å². The minimum Gasteiger partial charge on any atom is -0.294 e. The van der Waals surface area contributed by atoms with Gasteiger partial charge in [0.25, 0.3) is 0 Å². The second-order valence-corrected chi connectivity index (χ2v) is 6.53. The van der Waals surface area contributed by atoms with Gasteiger partial charge in [-0.1, -0.05) is 6.07 Å². The van der Waals surface area contributed by atoms with Crippen LogP contribution in [-0.4, -0.2) is 26.4 Å². The molecule has 0 radical (unpaired) electrons. The van der Waals surface area contributed by atoms with Gasteiger partial charge in [-0.05, 0) is 36.8 Å². The molecule has 6 heteroatoms. The predicted octanol–water partition coefficient (Wildman–Crippen LogP) is 3.68. The third-order valence-electron chi connectivity index (χ3n) is 4.57. The van der Waals surface area contributed by atoms with Crippen LogP contribution in [0.25, 0.3) is 11.3 Å².